The number of halogens is 12. The summed E-state index contributed by atoms with van der Waals surface area (Å²) >= 11 is 13.3. The molecule has 0 unspecified atom stereocenters. The summed E-state index contributed by atoms with van der Waals surface area (Å²) in [5, 5.41) is 8.42. The third kappa shape index (κ3) is 13.1. The van der Waals surface area contributed by atoms with E-state index in [2.05, 4.69) is 140 Å². The molecule has 0 amide bonds. The Balaban J connectivity index is 0.000000187. The Bertz CT molecular complexity index is 4000. The molecule has 0 aliphatic heterocycles. The predicted molar refractivity (Wildman–Crippen MR) is 342 cm³/mol. The van der Waals surface area contributed by atoms with Crippen molar-refractivity contribution >= 4 is 136 Å². The van der Waals surface area contributed by atoms with E-state index < -0.39 is 58.8 Å². The lowest BCUT2D eigenvalue weighted by Crippen LogP contribution is -2.53. The summed E-state index contributed by atoms with van der Waals surface area (Å²) < 4.78 is 127. The van der Waals surface area contributed by atoms with Gasteiger partial charge in [0.05, 0.1) is 38.8 Å². The Hall–Kier alpha value is -6.15. The molecule has 2 aromatic heterocycles. The van der Waals surface area contributed by atoms with Gasteiger partial charge in [-0.1, -0.05) is 200 Å². The largest absolute Gasteiger partial charge is 0.416 e. The van der Waals surface area contributed by atoms with Crippen molar-refractivity contribution in [1.82, 2.24) is 9.13 Å². The van der Waals surface area contributed by atoms with Crippen molar-refractivity contribution in [1.29, 1.82) is 0 Å². The molecule has 17 heteroatoms. The highest BCUT2D eigenvalue weighted by Gasteiger charge is 2.37. The first-order valence-electron chi connectivity index (χ1n) is 26.6. The van der Waals surface area contributed by atoms with Crippen LogP contribution in [0.4, 0.5) is 39.5 Å². The minimum atomic E-state index is -4.44. The maximum absolute atomic E-state index is 13.8. The average Bonchev–Trinajstić information content (AvgIpc) is 1.89. The normalized spacial score (nSPS) is 12.6. The highest BCUT2D eigenvalue weighted by Crippen LogP contribution is 2.37. The number of alkyl halides is 9. The Morgan fingerprint density at radius 1 is 0.337 bits per heavy atom. The van der Waals surface area contributed by atoms with E-state index in [1.165, 1.54) is 51.8 Å². The highest BCUT2D eigenvalue weighted by molar-refractivity contribution is 9.10. The summed E-state index contributed by atoms with van der Waals surface area (Å²) in [6.07, 6.45) is -13.2. The summed E-state index contributed by atoms with van der Waals surface area (Å²) in [5.41, 5.74) is 6.32. The minimum absolute atomic E-state index is 0.568. The maximum Gasteiger partial charge on any atom is 0.416 e. The van der Waals surface area contributed by atoms with Gasteiger partial charge in [0.1, 0.15) is 16.1 Å². The van der Waals surface area contributed by atoms with Crippen LogP contribution in [0.25, 0.3) is 55.0 Å². The summed E-state index contributed by atoms with van der Waals surface area (Å²) in [4.78, 5) is 0. The molecule has 0 aliphatic rings. The fraction of sp³-hybridized carbons (Fsp3) is 0.182. The van der Waals surface area contributed by atoms with Crippen LogP contribution >= 0.6 is 42.9 Å². The van der Waals surface area contributed by atoms with Gasteiger partial charge in [-0.25, -0.2) is 0 Å². The molecule has 0 saturated carbocycles. The van der Waals surface area contributed by atoms with Crippen molar-refractivity contribution < 1.29 is 39.5 Å². The van der Waals surface area contributed by atoms with Crippen LogP contribution in [0.3, 0.4) is 0 Å². The SMILES string of the molecule is Brc1ccc2c(c1)c1cc(Br)ccc1n2-c1ccccc1.Cc1cc(C(F)(F)F)cc([Si](C)(C)Cl)c1.Cc1cc(C(F)(F)F)cc([Si](C)(C)c2ccc3c(c2)c2cc([Si](C)(C)c4cc(C)cc(C(F)(F)F)c4)ccc2n3-c2ccccc2)c1. The van der Waals surface area contributed by atoms with Gasteiger partial charge in [-0.15, -0.1) is 0 Å². The summed E-state index contributed by atoms with van der Waals surface area (Å²) in [6.45, 7) is 16.9. The average molecular weight is 1330 g/mol. The molecule has 2 nitrogen and oxygen atoms in total. The van der Waals surface area contributed by atoms with Gasteiger partial charge in [0.15, 0.2) is 7.38 Å². The van der Waals surface area contributed by atoms with Gasteiger partial charge in [-0.2, -0.15) is 50.6 Å². The summed E-state index contributed by atoms with van der Waals surface area (Å²) in [7, 11) is -7.43. The van der Waals surface area contributed by atoms with Crippen LogP contribution in [0.1, 0.15) is 33.4 Å². The van der Waals surface area contributed by atoms with Gasteiger partial charge in [0, 0.05) is 41.9 Å². The molecule has 0 bridgehead atoms. The lowest BCUT2D eigenvalue weighted by atomic mass is 10.1. The number of aryl methyl sites for hydroxylation is 3. The van der Waals surface area contributed by atoms with Crippen molar-refractivity contribution in [3.8, 4) is 11.4 Å². The number of aromatic nitrogens is 2. The smallest absolute Gasteiger partial charge is 0.309 e. The molecule has 11 aromatic rings. The third-order valence-corrected chi connectivity index (χ3v) is 25.5. The second kappa shape index (κ2) is 23.0. The highest BCUT2D eigenvalue weighted by atomic mass is 79.9. The summed E-state index contributed by atoms with van der Waals surface area (Å²) in [6, 6.07) is 58.4. The van der Waals surface area contributed by atoms with Crippen molar-refractivity contribution in [2.24, 2.45) is 0 Å². The van der Waals surface area contributed by atoms with Gasteiger partial charge in [-0.3, -0.25) is 0 Å². The second-order valence-electron chi connectivity index (χ2n) is 22.6. The third-order valence-electron chi connectivity index (χ3n) is 15.3. The van der Waals surface area contributed by atoms with Crippen LogP contribution in [-0.2, 0) is 18.5 Å². The topological polar surface area (TPSA) is 9.86 Å². The summed E-state index contributed by atoms with van der Waals surface area (Å²) in [5.74, 6) is 0. The van der Waals surface area contributed by atoms with Gasteiger partial charge in [0.2, 0.25) is 0 Å². The van der Waals surface area contributed by atoms with E-state index in [4.69, 9.17) is 11.1 Å². The molecular formula is C66H58Br2ClF9N2Si3. The van der Waals surface area contributed by atoms with Crippen molar-refractivity contribution in [2.75, 3.05) is 0 Å². The van der Waals surface area contributed by atoms with Crippen molar-refractivity contribution in [3.63, 3.8) is 0 Å². The van der Waals surface area contributed by atoms with Gasteiger partial charge >= 0.3 is 18.5 Å². The molecule has 83 heavy (non-hydrogen) atoms. The Kier molecular flexibility index (Phi) is 17.0. The Morgan fingerprint density at radius 3 is 0.940 bits per heavy atom. The van der Waals surface area contributed by atoms with Crippen LogP contribution in [-0.4, -0.2) is 32.7 Å². The number of rotatable bonds is 7. The van der Waals surface area contributed by atoms with E-state index in [9.17, 15) is 39.5 Å². The van der Waals surface area contributed by atoms with Crippen molar-refractivity contribution in [3.05, 3.63) is 230 Å². The zero-order chi connectivity index (χ0) is 60.4. The van der Waals surface area contributed by atoms with E-state index in [-0.39, 0.29) is 0 Å². The quantitative estimate of drug-likeness (QED) is 0.0855. The zero-order valence-corrected chi connectivity index (χ0v) is 53.8. The van der Waals surface area contributed by atoms with Crippen molar-refractivity contribution in [2.45, 2.75) is 78.6 Å². The fourth-order valence-electron chi connectivity index (χ4n) is 10.7. The lowest BCUT2D eigenvalue weighted by Gasteiger charge is -2.26. The molecule has 0 saturated heterocycles. The molecule has 0 spiro atoms. The molecule has 2 heterocycles. The molecule has 0 radical (unpaired) electrons. The first kappa shape index (κ1) is 61.4. The first-order chi connectivity index (χ1) is 38.7. The molecule has 0 fully saturated rings. The first-order valence-corrected chi connectivity index (χ1v) is 38.2. The molecule has 0 atom stereocenters. The predicted octanol–water partition coefficient (Wildman–Crippen LogP) is 19.1. The standard InChI is InChI=1S/C38H35F6NSi2.C18H11Br2N.C10H12ClF3Si/c1-24-16-26(37(39,40)41)20-31(18-24)46(3,4)29-12-14-35-33(22-29)34-23-30(13-15-36(34)45(35)28-10-8-7-9-11-28)47(5,6)32-19-25(2)17-27(21-32)38(42,43)44;19-12-6-8-17-15(10-12)16-11-13(20)7-9-18(16)21(17)14-4-2-1-3-5-14;1-7-4-8(10(12,13)14)6-9(5-7)15(2,3)11/h7-23H,1-6H3;1-11H;4-6H,1-3H3. The molecular weight excluding hydrogens is 1270 g/mol. The molecule has 428 valence electrons. The molecule has 11 rings (SSSR count). The Morgan fingerprint density at radius 2 is 0.627 bits per heavy atom. The van der Waals surface area contributed by atoms with Crippen LogP contribution in [0.5, 0.6) is 0 Å². The van der Waals surface area contributed by atoms with Gasteiger partial charge in [0.25, 0.3) is 0 Å². The molecule has 0 aliphatic carbocycles. The lowest BCUT2D eigenvalue weighted by molar-refractivity contribution is -0.138. The van der Waals surface area contributed by atoms with Crippen LogP contribution in [0.15, 0.2) is 197 Å². The van der Waals surface area contributed by atoms with Gasteiger partial charge < -0.3 is 9.13 Å². The van der Waals surface area contributed by atoms with Crippen LogP contribution in [0, 0.1) is 20.8 Å². The zero-order valence-electron chi connectivity index (χ0n) is 46.8. The number of nitrogens with zero attached hydrogens (tertiary/aromatic N) is 2. The van der Waals surface area contributed by atoms with E-state index in [0.29, 0.717) is 32.3 Å². The van der Waals surface area contributed by atoms with E-state index in [0.717, 1.165) is 58.9 Å². The molecule has 9 aromatic carbocycles. The minimum Gasteiger partial charge on any atom is -0.309 e. The number of fused-ring (bicyclic) bond motifs is 6. The number of para-hydroxylation sites is 2. The van der Waals surface area contributed by atoms with Crippen LogP contribution in [0.2, 0.25) is 39.3 Å². The van der Waals surface area contributed by atoms with E-state index in [1.54, 1.807) is 26.8 Å². The monoisotopic (exact) mass is 1330 g/mol. The number of hydrogen-bond acceptors (Lipinski definition) is 0. The van der Waals surface area contributed by atoms with E-state index >= 15 is 0 Å². The number of benzene rings is 9. The maximum atomic E-state index is 13.8. The number of hydrogen-bond donors (Lipinski definition) is 0. The fourth-order valence-corrected chi connectivity index (χ4v) is 17.7. The molecule has 0 N–H and O–H groups in total. The Labute approximate surface area is 501 Å². The second-order valence-corrected chi connectivity index (χ2v) is 39.6. The van der Waals surface area contributed by atoms with E-state index in [1.807, 2.05) is 85.9 Å². The van der Waals surface area contributed by atoms with Gasteiger partial charge in [-0.05, 0) is 123 Å². The van der Waals surface area contributed by atoms with Crippen LogP contribution < -0.4 is 25.9 Å².